The minimum absolute atomic E-state index is 0.160. The first-order valence-corrected chi connectivity index (χ1v) is 8.99. The molecule has 3 heterocycles. The molecule has 4 rings (SSSR count). The van der Waals surface area contributed by atoms with Crippen molar-refractivity contribution in [1.29, 1.82) is 0 Å². The van der Waals surface area contributed by atoms with Gasteiger partial charge in [-0.3, -0.25) is 14.8 Å². The predicted octanol–water partition coefficient (Wildman–Crippen LogP) is 2.70. The van der Waals surface area contributed by atoms with E-state index in [4.69, 9.17) is 4.74 Å². The van der Waals surface area contributed by atoms with Gasteiger partial charge in [0.25, 0.3) is 0 Å². The average Bonchev–Trinajstić information content (AvgIpc) is 2.63. The highest BCUT2D eigenvalue weighted by atomic mass is 19.1. The Morgan fingerprint density at radius 3 is 2.80 bits per heavy atom. The lowest BCUT2D eigenvalue weighted by Crippen LogP contribution is -2.59. The number of morpholine rings is 1. The average molecular weight is 341 g/mol. The number of hydrogen-bond donors (Lipinski definition) is 0. The number of hydrogen-bond acceptors (Lipinski definition) is 4. The summed E-state index contributed by atoms with van der Waals surface area (Å²) in [7, 11) is 0. The van der Waals surface area contributed by atoms with Crippen LogP contribution in [0.4, 0.5) is 4.39 Å². The lowest BCUT2D eigenvalue weighted by atomic mass is 9.97. The summed E-state index contributed by atoms with van der Waals surface area (Å²) in [6.07, 6.45) is 5.04. The smallest absolute Gasteiger partial charge is 0.123 e. The highest BCUT2D eigenvalue weighted by molar-refractivity contribution is 5.16. The number of pyridine rings is 1. The number of ether oxygens (including phenoxy) is 1. The van der Waals surface area contributed by atoms with Crippen LogP contribution >= 0.6 is 0 Å². The number of halogens is 1. The Morgan fingerprint density at radius 2 is 1.96 bits per heavy atom. The van der Waals surface area contributed by atoms with Gasteiger partial charge in [-0.2, -0.15) is 0 Å². The molecule has 2 fully saturated rings. The zero-order valence-electron chi connectivity index (χ0n) is 14.4. The molecule has 0 spiro atoms. The maximum Gasteiger partial charge on any atom is 0.123 e. The van der Waals surface area contributed by atoms with Crippen LogP contribution < -0.4 is 0 Å². The summed E-state index contributed by atoms with van der Waals surface area (Å²) in [4.78, 5) is 9.05. The van der Waals surface area contributed by atoms with Crippen molar-refractivity contribution in [2.75, 3.05) is 26.2 Å². The topological polar surface area (TPSA) is 28.6 Å². The highest BCUT2D eigenvalue weighted by Gasteiger charge is 2.36. The van der Waals surface area contributed by atoms with Gasteiger partial charge in [-0.25, -0.2) is 4.39 Å². The molecule has 4 nitrogen and oxygen atoms in total. The number of piperidine rings is 1. The molecule has 0 unspecified atom stereocenters. The fourth-order valence-electron chi connectivity index (χ4n) is 3.96. The van der Waals surface area contributed by atoms with E-state index >= 15 is 0 Å². The van der Waals surface area contributed by atoms with Crippen LogP contribution in [0.3, 0.4) is 0 Å². The summed E-state index contributed by atoms with van der Waals surface area (Å²) in [6, 6.07) is 11.5. The van der Waals surface area contributed by atoms with E-state index < -0.39 is 0 Å². The third kappa shape index (κ3) is 4.06. The third-order valence-corrected chi connectivity index (χ3v) is 5.21. The minimum atomic E-state index is -0.160. The van der Waals surface area contributed by atoms with Gasteiger partial charge in [0, 0.05) is 51.2 Å². The Kier molecular flexibility index (Phi) is 5.06. The van der Waals surface area contributed by atoms with Gasteiger partial charge in [0.2, 0.25) is 0 Å². The second-order valence-electron chi connectivity index (χ2n) is 6.96. The molecule has 0 saturated carbocycles. The molecule has 2 saturated heterocycles. The fraction of sp³-hybridized carbons (Fsp3) is 0.450. The Hall–Kier alpha value is -1.82. The van der Waals surface area contributed by atoms with Crippen LogP contribution in [0.2, 0.25) is 0 Å². The number of aromatic nitrogens is 1. The van der Waals surface area contributed by atoms with Crippen molar-refractivity contribution in [1.82, 2.24) is 14.8 Å². The predicted molar refractivity (Wildman–Crippen MR) is 94.5 cm³/mol. The number of rotatable bonds is 4. The van der Waals surface area contributed by atoms with Crippen molar-refractivity contribution in [2.24, 2.45) is 0 Å². The largest absolute Gasteiger partial charge is 0.375 e. The lowest BCUT2D eigenvalue weighted by molar-refractivity contribution is -0.107. The Morgan fingerprint density at radius 1 is 1.08 bits per heavy atom. The van der Waals surface area contributed by atoms with Crippen molar-refractivity contribution >= 4 is 0 Å². The monoisotopic (exact) mass is 341 g/mol. The first-order valence-electron chi connectivity index (χ1n) is 8.99. The highest BCUT2D eigenvalue weighted by Crippen LogP contribution is 2.25. The summed E-state index contributed by atoms with van der Waals surface area (Å²) in [5.74, 6) is -0.160. The van der Waals surface area contributed by atoms with E-state index in [1.165, 1.54) is 11.6 Å². The molecule has 2 aromatic rings. The fourth-order valence-corrected chi connectivity index (χ4v) is 3.96. The molecular weight excluding hydrogens is 317 g/mol. The van der Waals surface area contributed by atoms with E-state index in [9.17, 15) is 4.39 Å². The standard InChI is InChI=1S/C20H24FN3O/c21-18-3-1-2-17(12-18)13-23-9-6-20-19(15-23)24(10-11-25-20)14-16-4-7-22-8-5-16/h1-5,7-8,12,19-20H,6,9-11,13-15H2/t19-,20-/m0/s1. The number of likely N-dealkylation sites (tertiary alicyclic amines) is 1. The first-order chi connectivity index (χ1) is 12.3. The van der Waals surface area contributed by atoms with Crippen LogP contribution in [0.25, 0.3) is 0 Å². The van der Waals surface area contributed by atoms with Crippen molar-refractivity contribution < 1.29 is 9.13 Å². The summed E-state index contributed by atoms with van der Waals surface area (Å²) in [6.45, 7) is 5.45. The minimum Gasteiger partial charge on any atom is -0.375 e. The van der Waals surface area contributed by atoms with Crippen molar-refractivity contribution in [2.45, 2.75) is 31.7 Å². The molecule has 0 radical (unpaired) electrons. The molecule has 2 aliphatic rings. The van der Waals surface area contributed by atoms with E-state index in [0.717, 1.165) is 51.3 Å². The van der Waals surface area contributed by atoms with Crippen LogP contribution in [0, 0.1) is 5.82 Å². The zero-order chi connectivity index (χ0) is 17.1. The quantitative estimate of drug-likeness (QED) is 0.855. The molecule has 132 valence electrons. The molecule has 5 heteroatoms. The van der Waals surface area contributed by atoms with Crippen molar-refractivity contribution in [3.63, 3.8) is 0 Å². The van der Waals surface area contributed by atoms with Gasteiger partial charge in [-0.05, 0) is 41.8 Å². The van der Waals surface area contributed by atoms with E-state index in [1.807, 2.05) is 18.5 Å². The molecule has 0 aliphatic carbocycles. The lowest BCUT2D eigenvalue weighted by Gasteiger charge is -2.47. The second kappa shape index (κ2) is 7.60. The number of fused-ring (bicyclic) bond motifs is 1. The first kappa shape index (κ1) is 16.6. The SMILES string of the molecule is Fc1cccc(CN2CC[C@@H]3OCCN(Cc4ccncc4)[C@H]3C2)c1. The van der Waals surface area contributed by atoms with Crippen LogP contribution in [0.5, 0.6) is 0 Å². The van der Waals surface area contributed by atoms with Gasteiger partial charge in [0.15, 0.2) is 0 Å². The van der Waals surface area contributed by atoms with Crippen LogP contribution in [-0.4, -0.2) is 53.2 Å². The maximum atomic E-state index is 13.4. The summed E-state index contributed by atoms with van der Waals surface area (Å²) < 4.78 is 19.5. The second-order valence-corrected chi connectivity index (χ2v) is 6.96. The molecule has 0 N–H and O–H groups in total. The normalized spacial score (nSPS) is 24.8. The van der Waals surface area contributed by atoms with Gasteiger partial charge in [0.1, 0.15) is 5.82 Å². The van der Waals surface area contributed by atoms with E-state index in [1.54, 1.807) is 12.1 Å². The summed E-state index contributed by atoms with van der Waals surface area (Å²) in [5.41, 5.74) is 2.33. The molecule has 2 aliphatic heterocycles. The van der Waals surface area contributed by atoms with Gasteiger partial charge in [-0.1, -0.05) is 12.1 Å². The van der Waals surface area contributed by atoms with Gasteiger partial charge < -0.3 is 4.74 Å². The molecule has 0 bridgehead atoms. The summed E-state index contributed by atoms with van der Waals surface area (Å²) in [5, 5.41) is 0. The van der Waals surface area contributed by atoms with Gasteiger partial charge in [-0.15, -0.1) is 0 Å². The van der Waals surface area contributed by atoms with E-state index in [-0.39, 0.29) is 5.82 Å². The Labute approximate surface area is 148 Å². The summed E-state index contributed by atoms with van der Waals surface area (Å²) >= 11 is 0. The Bertz CT molecular complexity index is 696. The van der Waals surface area contributed by atoms with Gasteiger partial charge >= 0.3 is 0 Å². The maximum absolute atomic E-state index is 13.4. The molecule has 1 aromatic carbocycles. The molecule has 2 atom stereocenters. The Balaban J connectivity index is 1.43. The molecule has 0 amide bonds. The molecule has 25 heavy (non-hydrogen) atoms. The molecule has 1 aromatic heterocycles. The van der Waals surface area contributed by atoms with E-state index in [0.29, 0.717) is 12.1 Å². The van der Waals surface area contributed by atoms with Crippen LogP contribution in [-0.2, 0) is 17.8 Å². The van der Waals surface area contributed by atoms with Crippen LogP contribution in [0.15, 0.2) is 48.8 Å². The van der Waals surface area contributed by atoms with Gasteiger partial charge in [0.05, 0.1) is 12.7 Å². The number of nitrogens with zero attached hydrogens (tertiary/aromatic N) is 3. The molecular formula is C20H24FN3O. The third-order valence-electron chi connectivity index (χ3n) is 5.21. The van der Waals surface area contributed by atoms with Crippen LogP contribution in [0.1, 0.15) is 17.5 Å². The zero-order valence-corrected chi connectivity index (χ0v) is 14.4. The number of benzene rings is 1. The van der Waals surface area contributed by atoms with E-state index in [2.05, 4.69) is 26.9 Å². The van der Waals surface area contributed by atoms with Crippen molar-refractivity contribution in [3.05, 3.63) is 65.7 Å². The van der Waals surface area contributed by atoms with Crippen molar-refractivity contribution in [3.8, 4) is 0 Å².